The number of hydrogen-bond acceptors (Lipinski definition) is 4. The molecule has 0 aromatic carbocycles. The van der Waals surface area contributed by atoms with E-state index in [1.54, 1.807) is 12.1 Å². The van der Waals surface area contributed by atoms with Crippen LogP contribution in [0.4, 0.5) is 5.82 Å². The summed E-state index contributed by atoms with van der Waals surface area (Å²) in [4.78, 5) is 15.3. The van der Waals surface area contributed by atoms with Gasteiger partial charge in [-0.15, -0.1) is 0 Å². The van der Waals surface area contributed by atoms with Crippen molar-refractivity contribution in [3.05, 3.63) is 23.9 Å². The number of anilines is 1. The average Bonchev–Trinajstić information content (AvgIpc) is 2.14. The van der Waals surface area contributed by atoms with Gasteiger partial charge in [0.15, 0.2) is 11.6 Å². The van der Waals surface area contributed by atoms with E-state index in [0.717, 1.165) is 4.31 Å². The topological polar surface area (TPSA) is 67.3 Å². The average molecular weight is 212 g/mol. The molecule has 1 aliphatic heterocycles. The van der Waals surface area contributed by atoms with E-state index in [1.807, 2.05) is 0 Å². The number of Topliss-reactive ketones (excluding diaryl/α,β-unsaturated/α-hetero) is 1. The van der Waals surface area contributed by atoms with E-state index in [-0.39, 0.29) is 5.82 Å². The summed E-state index contributed by atoms with van der Waals surface area (Å²) in [6.07, 6.45) is 1.46. The van der Waals surface area contributed by atoms with E-state index in [0.29, 0.717) is 5.56 Å². The summed E-state index contributed by atoms with van der Waals surface area (Å²) in [7, 11) is -2.11. The van der Waals surface area contributed by atoms with Crippen LogP contribution in [0.5, 0.6) is 0 Å². The SMILES string of the molecule is CN1c2ncccc2C(=O)CS1(=O)=O. The molecule has 74 valence electrons. The maximum absolute atomic E-state index is 11.4. The number of rotatable bonds is 0. The van der Waals surface area contributed by atoms with Crippen LogP contribution in [0.25, 0.3) is 0 Å². The Morgan fingerprint density at radius 3 is 2.93 bits per heavy atom. The van der Waals surface area contributed by atoms with E-state index in [9.17, 15) is 13.2 Å². The lowest BCUT2D eigenvalue weighted by Gasteiger charge is -2.24. The first-order valence-electron chi connectivity index (χ1n) is 3.97. The predicted molar refractivity (Wildman–Crippen MR) is 50.8 cm³/mol. The van der Waals surface area contributed by atoms with Gasteiger partial charge in [0.1, 0.15) is 5.75 Å². The van der Waals surface area contributed by atoms with Crippen molar-refractivity contribution in [2.75, 3.05) is 17.1 Å². The van der Waals surface area contributed by atoms with Gasteiger partial charge in [-0.05, 0) is 12.1 Å². The maximum atomic E-state index is 11.4. The van der Waals surface area contributed by atoms with Gasteiger partial charge in [0, 0.05) is 13.2 Å². The molecule has 5 nitrogen and oxygen atoms in total. The number of pyridine rings is 1. The van der Waals surface area contributed by atoms with Crippen molar-refractivity contribution in [1.29, 1.82) is 0 Å². The van der Waals surface area contributed by atoms with Crippen LogP contribution in [0.1, 0.15) is 10.4 Å². The molecular formula is C8H8N2O3S. The number of sulfonamides is 1. The van der Waals surface area contributed by atoms with Gasteiger partial charge in [0.25, 0.3) is 0 Å². The first-order chi connectivity index (χ1) is 6.52. The lowest BCUT2D eigenvalue weighted by atomic mass is 10.2. The fraction of sp³-hybridized carbons (Fsp3) is 0.250. The number of nitrogens with zero attached hydrogens (tertiary/aromatic N) is 2. The summed E-state index contributed by atoms with van der Waals surface area (Å²) in [6, 6.07) is 3.19. The molecule has 0 bridgehead atoms. The zero-order valence-electron chi connectivity index (χ0n) is 7.47. The van der Waals surface area contributed by atoms with E-state index < -0.39 is 21.6 Å². The van der Waals surface area contributed by atoms with Crippen LogP contribution < -0.4 is 4.31 Å². The zero-order chi connectivity index (χ0) is 10.3. The minimum atomic E-state index is -3.50. The van der Waals surface area contributed by atoms with Gasteiger partial charge in [-0.25, -0.2) is 13.4 Å². The quantitative estimate of drug-likeness (QED) is 0.609. The molecule has 0 aliphatic carbocycles. The largest absolute Gasteiger partial charge is 0.293 e. The maximum Gasteiger partial charge on any atom is 0.243 e. The van der Waals surface area contributed by atoms with Crippen molar-refractivity contribution in [2.45, 2.75) is 0 Å². The van der Waals surface area contributed by atoms with Crippen LogP contribution in [0.2, 0.25) is 0 Å². The van der Waals surface area contributed by atoms with Crippen LogP contribution >= 0.6 is 0 Å². The van der Waals surface area contributed by atoms with Gasteiger partial charge in [-0.3, -0.25) is 9.10 Å². The van der Waals surface area contributed by atoms with Gasteiger partial charge in [0.2, 0.25) is 10.0 Å². The Balaban J connectivity index is 2.69. The summed E-state index contributed by atoms with van der Waals surface area (Å²) in [5.41, 5.74) is 0.366. The summed E-state index contributed by atoms with van der Waals surface area (Å²) in [6.45, 7) is 0. The number of ketones is 1. The highest BCUT2D eigenvalue weighted by Crippen LogP contribution is 2.24. The zero-order valence-corrected chi connectivity index (χ0v) is 8.28. The molecule has 0 unspecified atom stereocenters. The van der Waals surface area contributed by atoms with Crippen molar-refractivity contribution < 1.29 is 13.2 Å². The van der Waals surface area contributed by atoms with Gasteiger partial charge in [-0.1, -0.05) is 0 Å². The Bertz CT molecular complexity index is 495. The molecule has 2 rings (SSSR count). The molecule has 1 aromatic rings. The monoisotopic (exact) mass is 212 g/mol. The van der Waals surface area contributed by atoms with Crippen LogP contribution in [-0.2, 0) is 10.0 Å². The Labute approximate surface area is 81.4 Å². The number of hydrogen-bond donors (Lipinski definition) is 0. The summed E-state index contributed by atoms with van der Waals surface area (Å²) in [5, 5.41) is 0. The third-order valence-electron chi connectivity index (χ3n) is 2.12. The lowest BCUT2D eigenvalue weighted by molar-refractivity contribution is 0.101. The second kappa shape index (κ2) is 2.78. The first-order valence-corrected chi connectivity index (χ1v) is 5.58. The van der Waals surface area contributed by atoms with Crippen LogP contribution in [0.15, 0.2) is 18.3 Å². The first kappa shape index (κ1) is 9.14. The molecule has 1 aliphatic rings. The second-order valence-corrected chi connectivity index (χ2v) is 5.02. The number of fused-ring (bicyclic) bond motifs is 1. The number of carbonyl (C=O) groups is 1. The van der Waals surface area contributed by atoms with Crippen LogP contribution in [-0.4, -0.2) is 32.0 Å². The van der Waals surface area contributed by atoms with Crippen LogP contribution in [0.3, 0.4) is 0 Å². The standard InChI is InChI=1S/C8H8N2O3S/c1-10-8-6(3-2-4-9-8)7(11)5-14(10,12)13/h2-4H,5H2,1H3. The molecule has 0 radical (unpaired) electrons. The molecule has 0 N–H and O–H groups in total. The number of aromatic nitrogens is 1. The molecule has 0 amide bonds. The van der Waals surface area contributed by atoms with E-state index in [1.165, 1.54) is 13.2 Å². The van der Waals surface area contributed by atoms with Gasteiger partial charge in [-0.2, -0.15) is 0 Å². The molecule has 1 aromatic heterocycles. The Morgan fingerprint density at radius 2 is 2.21 bits per heavy atom. The second-order valence-electron chi connectivity index (χ2n) is 3.02. The van der Waals surface area contributed by atoms with Crippen molar-refractivity contribution >= 4 is 21.6 Å². The molecule has 0 saturated carbocycles. The van der Waals surface area contributed by atoms with Crippen molar-refractivity contribution in [3.8, 4) is 0 Å². The molecule has 2 heterocycles. The third-order valence-corrected chi connectivity index (χ3v) is 3.75. The summed E-state index contributed by atoms with van der Waals surface area (Å²) < 4.78 is 23.9. The van der Waals surface area contributed by atoms with E-state index >= 15 is 0 Å². The molecular weight excluding hydrogens is 204 g/mol. The molecule has 0 atom stereocenters. The fourth-order valence-electron chi connectivity index (χ4n) is 1.34. The van der Waals surface area contributed by atoms with Gasteiger partial charge in [0.05, 0.1) is 5.56 Å². The molecule has 14 heavy (non-hydrogen) atoms. The highest BCUT2D eigenvalue weighted by atomic mass is 32.2. The Kier molecular flexibility index (Phi) is 1.81. The highest BCUT2D eigenvalue weighted by molar-refractivity contribution is 7.93. The molecule has 0 saturated heterocycles. The van der Waals surface area contributed by atoms with Crippen LogP contribution in [0, 0.1) is 0 Å². The van der Waals surface area contributed by atoms with E-state index in [4.69, 9.17) is 0 Å². The fourth-order valence-corrected chi connectivity index (χ4v) is 2.43. The van der Waals surface area contributed by atoms with Gasteiger partial charge < -0.3 is 0 Å². The third kappa shape index (κ3) is 1.19. The number of carbonyl (C=O) groups excluding carboxylic acids is 1. The van der Waals surface area contributed by atoms with E-state index in [2.05, 4.69) is 4.98 Å². The minimum Gasteiger partial charge on any atom is -0.293 e. The molecule has 0 fully saturated rings. The van der Waals surface area contributed by atoms with Gasteiger partial charge >= 0.3 is 0 Å². The minimum absolute atomic E-state index is 0.212. The highest BCUT2D eigenvalue weighted by Gasteiger charge is 2.32. The van der Waals surface area contributed by atoms with Crippen molar-refractivity contribution in [2.24, 2.45) is 0 Å². The summed E-state index contributed by atoms with van der Waals surface area (Å²) >= 11 is 0. The Hall–Kier alpha value is -1.43. The van der Waals surface area contributed by atoms with Crippen molar-refractivity contribution in [1.82, 2.24) is 4.98 Å². The molecule has 6 heteroatoms. The smallest absolute Gasteiger partial charge is 0.243 e. The summed E-state index contributed by atoms with van der Waals surface area (Å²) in [5.74, 6) is -0.655. The van der Waals surface area contributed by atoms with Crippen molar-refractivity contribution in [3.63, 3.8) is 0 Å². The Morgan fingerprint density at radius 1 is 1.50 bits per heavy atom. The molecule has 0 spiro atoms. The predicted octanol–water partition coefficient (Wildman–Crippen LogP) is 0.0439. The normalized spacial score (nSPS) is 19.2. The lowest BCUT2D eigenvalue weighted by Crippen LogP contribution is -2.38.